The molecule has 0 atom stereocenters. The second kappa shape index (κ2) is 7.18. The van der Waals surface area contributed by atoms with Gasteiger partial charge in [-0.15, -0.1) is 0 Å². The molecule has 0 radical (unpaired) electrons. The second-order valence-corrected chi connectivity index (χ2v) is 4.67. The number of anilines is 2. The number of nitrogens with zero attached hydrogens (tertiary/aromatic N) is 2. The topological polar surface area (TPSA) is 88.7 Å². The van der Waals surface area contributed by atoms with Crippen molar-refractivity contribution in [2.75, 3.05) is 10.6 Å². The summed E-state index contributed by atoms with van der Waals surface area (Å²) in [6, 6.07) is 8.40. The van der Waals surface area contributed by atoms with Crippen LogP contribution in [0.3, 0.4) is 0 Å². The smallest absolute Gasteiger partial charge is 0.226 e. The molecule has 6 heteroatoms. The van der Waals surface area contributed by atoms with Gasteiger partial charge in [-0.1, -0.05) is 25.4 Å². The van der Waals surface area contributed by atoms with Gasteiger partial charge in [-0.2, -0.15) is 10.5 Å². The minimum absolute atomic E-state index is 0.0432. The Bertz CT molecular complexity index is 607. The maximum absolute atomic E-state index is 11.6. The van der Waals surface area contributed by atoms with Crippen molar-refractivity contribution in [2.45, 2.75) is 13.8 Å². The van der Waals surface area contributed by atoms with E-state index in [0.29, 0.717) is 16.4 Å². The van der Waals surface area contributed by atoms with E-state index in [1.54, 1.807) is 44.2 Å². The van der Waals surface area contributed by atoms with E-state index >= 15 is 0 Å². The van der Waals surface area contributed by atoms with E-state index in [-0.39, 0.29) is 17.4 Å². The maximum Gasteiger partial charge on any atom is 0.226 e. The van der Waals surface area contributed by atoms with E-state index < -0.39 is 0 Å². The van der Waals surface area contributed by atoms with Gasteiger partial charge in [0.1, 0.15) is 17.7 Å². The van der Waals surface area contributed by atoms with Crippen LogP contribution in [0.15, 0.2) is 30.0 Å². The first kappa shape index (κ1) is 15.6. The highest BCUT2D eigenvalue weighted by Crippen LogP contribution is 2.26. The number of nitriles is 2. The average molecular weight is 289 g/mol. The molecule has 1 aromatic rings. The van der Waals surface area contributed by atoms with Crippen LogP contribution in [-0.2, 0) is 4.79 Å². The Hall–Kier alpha value is -2.50. The molecule has 1 aromatic carbocycles. The lowest BCUT2D eigenvalue weighted by molar-refractivity contribution is -0.118. The van der Waals surface area contributed by atoms with Gasteiger partial charge in [0.05, 0.1) is 10.7 Å². The van der Waals surface area contributed by atoms with Crippen molar-refractivity contribution in [1.82, 2.24) is 0 Å². The summed E-state index contributed by atoms with van der Waals surface area (Å²) in [4.78, 5) is 11.6. The fraction of sp³-hybridized carbons (Fsp3) is 0.214. The summed E-state index contributed by atoms with van der Waals surface area (Å²) in [5.74, 6) is -0.260. The van der Waals surface area contributed by atoms with Crippen molar-refractivity contribution in [3.63, 3.8) is 0 Å². The van der Waals surface area contributed by atoms with Crippen LogP contribution in [-0.4, -0.2) is 5.91 Å². The van der Waals surface area contributed by atoms with Gasteiger partial charge in [0.2, 0.25) is 5.91 Å². The normalized spacial score (nSPS) is 9.30. The summed E-state index contributed by atoms with van der Waals surface area (Å²) in [5, 5.41) is 23.1. The molecule has 0 aliphatic rings. The number of amides is 1. The number of benzene rings is 1. The molecule has 0 aliphatic heterocycles. The SMILES string of the molecule is CC(C)C(=O)Nc1ccc(NC=C(C#N)C#N)cc1Cl. The van der Waals surface area contributed by atoms with Crippen LogP contribution in [0.2, 0.25) is 5.02 Å². The molecule has 0 unspecified atom stereocenters. The molecule has 20 heavy (non-hydrogen) atoms. The van der Waals surface area contributed by atoms with E-state index in [0.717, 1.165) is 0 Å². The zero-order valence-electron chi connectivity index (χ0n) is 11.1. The van der Waals surface area contributed by atoms with Crippen LogP contribution in [0.5, 0.6) is 0 Å². The summed E-state index contributed by atoms with van der Waals surface area (Å²) < 4.78 is 0. The van der Waals surface area contributed by atoms with Gasteiger partial charge in [0.25, 0.3) is 0 Å². The summed E-state index contributed by atoms with van der Waals surface area (Å²) in [7, 11) is 0. The summed E-state index contributed by atoms with van der Waals surface area (Å²) in [5.41, 5.74) is 1.08. The van der Waals surface area contributed by atoms with Gasteiger partial charge in [0.15, 0.2) is 0 Å². The number of carbonyl (C=O) groups excluding carboxylic acids is 1. The van der Waals surface area contributed by atoms with Crippen LogP contribution in [0.4, 0.5) is 11.4 Å². The molecule has 0 saturated heterocycles. The molecule has 0 heterocycles. The Labute approximate surface area is 122 Å². The molecule has 0 saturated carbocycles. The van der Waals surface area contributed by atoms with Crippen molar-refractivity contribution < 1.29 is 4.79 Å². The molecule has 0 spiro atoms. The zero-order chi connectivity index (χ0) is 15.1. The van der Waals surface area contributed by atoms with Crippen LogP contribution in [0.25, 0.3) is 0 Å². The first-order chi connectivity index (χ1) is 9.47. The Kier molecular flexibility index (Phi) is 5.58. The van der Waals surface area contributed by atoms with Gasteiger partial charge in [-0.3, -0.25) is 4.79 Å². The largest absolute Gasteiger partial charge is 0.360 e. The lowest BCUT2D eigenvalue weighted by Gasteiger charge is -2.10. The molecule has 0 bridgehead atoms. The van der Waals surface area contributed by atoms with Gasteiger partial charge in [-0.05, 0) is 18.2 Å². The highest BCUT2D eigenvalue weighted by molar-refractivity contribution is 6.34. The van der Waals surface area contributed by atoms with E-state index in [2.05, 4.69) is 10.6 Å². The van der Waals surface area contributed by atoms with Gasteiger partial charge in [-0.25, -0.2) is 0 Å². The van der Waals surface area contributed by atoms with Gasteiger partial charge in [0, 0.05) is 17.8 Å². The number of allylic oxidation sites excluding steroid dienone is 1. The summed E-state index contributed by atoms with van der Waals surface area (Å²) in [6.07, 6.45) is 1.29. The van der Waals surface area contributed by atoms with E-state index in [1.807, 2.05) is 0 Å². The Balaban J connectivity index is 2.84. The molecular weight excluding hydrogens is 276 g/mol. The fourth-order valence-corrected chi connectivity index (χ4v) is 1.46. The predicted molar refractivity (Wildman–Crippen MR) is 77.9 cm³/mol. The second-order valence-electron chi connectivity index (χ2n) is 4.26. The fourth-order valence-electron chi connectivity index (χ4n) is 1.23. The van der Waals surface area contributed by atoms with Gasteiger partial charge >= 0.3 is 0 Å². The van der Waals surface area contributed by atoms with Crippen molar-refractivity contribution in [3.8, 4) is 12.1 Å². The molecule has 1 amide bonds. The lowest BCUT2D eigenvalue weighted by Crippen LogP contribution is -2.17. The molecule has 5 nitrogen and oxygen atoms in total. The molecule has 0 fully saturated rings. The third-order valence-electron chi connectivity index (χ3n) is 2.38. The van der Waals surface area contributed by atoms with Crippen molar-refractivity contribution in [3.05, 3.63) is 35.0 Å². The van der Waals surface area contributed by atoms with Crippen LogP contribution < -0.4 is 10.6 Å². The van der Waals surface area contributed by atoms with E-state index in [9.17, 15) is 4.79 Å². The maximum atomic E-state index is 11.6. The molecule has 102 valence electrons. The number of halogens is 1. The van der Waals surface area contributed by atoms with Crippen LogP contribution in [0, 0.1) is 28.6 Å². The third-order valence-corrected chi connectivity index (χ3v) is 2.69. The van der Waals surface area contributed by atoms with Crippen molar-refractivity contribution in [1.29, 1.82) is 10.5 Å². The molecular formula is C14H13ClN4O. The lowest BCUT2D eigenvalue weighted by atomic mass is 10.2. The average Bonchev–Trinajstić information content (AvgIpc) is 2.42. The molecule has 1 rings (SSSR count). The predicted octanol–water partition coefficient (Wildman–Crippen LogP) is 3.28. The Morgan fingerprint density at radius 3 is 2.50 bits per heavy atom. The number of rotatable bonds is 4. The van der Waals surface area contributed by atoms with Crippen LogP contribution in [0.1, 0.15) is 13.8 Å². The summed E-state index contributed by atoms with van der Waals surface area (Å²) >= 11 is 6.06. The minimum atomic E-state index is -0.138. The van der Waals surface area contributed by atoms with E-state index in [4.69, 9.17) is 22.1 Å². The minimum Gasteiger partial charge on any atom is -0.360 e. The molecule has 0 aromatic heterocycles. The first-order valence-electron chi connectivity index (χ1n) is 5.85. The monoisotopic (exact) mass is 288 g/mol. The first-order valence-corrected chi connectivity index (χ1v) is 6.23. The highest BCUT2D eigenvalue weighted by atomic mass is 35.5. The Morgan fingerprint density at radius 1 is 1.35 bits per heavy atom. The number of carbonyl (C=O) groups is 1. The third kappa shape index (κ3) is 4.31. The van der Waals surface area contributed by atoms with Crippen LogP contribution >= 0.6 is 11.6 Å². The number of nitrogens with one attached hydrogen (secondary N) is 2. The zero-order valence-corrected chi connectivity index (χ0v) is 11.8. The quantitative estimate of drug-likeness (QED) is 0.832. The van der Waals surface area contributed by atoms with Gasteiger partial charge < -0.3 is 10.6 Å². The van der Waals surface area contributed by atoms with E-state index in [1.165, 1.54) is 6.20 Å². The number of hydrogen-bond acceptors (Lipinski definition) is 4. The standard InChI is InChI=1S/C14H13ClN4O/c1-9(2)14(20)19-13-4-3-11(5-12(13)15)18-8-10(6-16)7-17/h3-5,8-9,18H,1-2H3,(H,19,20). The number of hydrogen-bond donors (Lipinski definition) is 2. The highest BCUT2D eigenvalue weighted by Gasteiger charge is 2.09. The van der Waals surface area contributed by atoms with Crippen molar-refractivity contribution >= 4 is 28.9 Å². The molecule has 2 N–H and O–H groups in total. The van der Waals surface area contributed by atoms with Crippen molar-refractivity contribution in [2.24, 2.45) is 5.92 Å². The molecule has 0 aliphatic carbocycles. The summed E-state index contributed by atoms with van der Waals surface area (Å²) in [6.45, 7) is 3.57. The Morgan fingerprint density at radius 2 is 2.00 bits per heavy atom.